The Hall–Kier alpha value is -2.77. The predicted molar refractivity (Wildman–Crippen MR) is 121 cm³/mol. The van der Waals surface area contributed by atoms with Crippen molar-refractivity contribution < 1.29 is 28.9 Å². The topological polar surface area (TPSA) is 110 Å². The quantitative estimate of drug-likeness (QED) is 0.290. The summed E-state index contributed by atoms with van der Waals surface area (Å²) in [7, 11) is 0. The van der Waals surface area contributed by atoms with Gasteiger partial charge in [-0.15, -0.1) is 0 Å². The number of hydrogen-bond acceptors (Lipinski definition) is 5. The zero-order valence-corrected chi connectivity index (χ0v) is 19.0. The summed E-state index contributed by atoms with van der Waals surface area (Å²) < 4.78 is 7.11. The standard InChI is InChI=1S/C25H32N2O6/c1-2-33-22(28)14-18-12-19(23(24(18)27(31)32)16-8-4-3-5-9-16)15-26-20-11-7-6-10-17(20)13-21(26)25(29)30/h3-5,8-9,15,17-21,23-24H,2,6-7,10-14H2,1H3/p+1/t17-,18+,19-,20-,21-,23-,24-/m0/s1. The highest BCUT2D eigenvalue weighted by molar-refractivity contribution is 5.74. The molecule has 7 atom stereocenters. The fraction of sp³-hybridized carbons (Fsp3) is 0.640. The summed E-state index contributed by atoms with van der Waals surface area (Å²) in [5.74, 6) is -1.99. The lowest BCUT2D eigenvalue weighted by molar-refractivity contribution is -0.571. The highest BCUT2D eigenvalue weighted by atomic mass is 16.6. The Morgan fingerprint density at radius 3 is 2.61 bits per heavy atom. The molecule has 0 radical (unpaired) electrons. The molecule has 1 heterocycles. The van der Waals surface area contributed by atoms with Gasteiger partial charge in [0, 0.05) is 35.5 Å². The van der Waals surface area contributed by atoms with Gasteiger partial charge in [0.15, 0.2) is 6.04 Å². The first-order valence-electron chi connectivity index (χ1n) is 12.1. The molecule has 1 N–H and O–H groups in total. The first-order valence-corrected chi connectivity index (χ1v) is 12.1. The third kappa shape index (κ3) is 4.80. The lowest BCUT2D eigenvalue weighted by atomic mass is 9.84. The third-order valence-electron chi connectivity index (χ3n) is 7.84. The minimum absolute atomic E-state index is 0.00156. The molecule has 3 fully saturated rings. The summed E-state index contributed by atoms with van der Waals surface area (Å²) in [6.07, 6.45) is 7.28. The molecule has 8 heteroatoms. The molecule has 0 spiro atoms. The van der Waals surface area contributed by atoms with Gasteiger partial charge in [0.25, 0.3) is 0 Å². The molecule has 33 heavy (non-hydrogen) atoms. The number of aliphatic carboxylic acids is 1. The van der Waals surface area contributed by atoms with E-state index >= 15 is 0 Å². The SMILES string of the molecule is CCOC(=O)C[C@H]1C[C@@H](C=[N+]2[C@H](C(=O)O)C[C@@H]3CCCC[C@@H]32)[C@H](c2ccccc2)[C@H]1[N+](=O)[O-]. The average molecular weight is 458 g/mol. The van der Waals surface area contributed by atoms with Crippen LogP contribution in [0.3, 0.4) is 0 Å². The number of ether oxygens (including phenoxy) is 1. The van der Waals surface area contributed by atoms with Crippen LogP contribution in [0, 0.1) is 27.9 Å². The van der Waals surface area contributed by atoms with Crippen LogP contribution in [0.2, 0.25) is 0 Å². The van der Waals surface area contributed by atoms with Gasteiger partial charge in [-0.1, -0.05) is 36.8 Å². The van der Waals surface area contributed by atoms with Gasteiger partial charge in [-0.2, -0.15) is 0 Å². The molecular weight excluding hydrogens is 424 g/mol. The Bertz CT molecular complexity index is 917. The molecule has 178 valence electrons. The number of nitrogens with zero attached hydrogens (tertiary/aromatic N) is 2. The van der Waals surface area contributed by atoms with Crippen LogP contribution in [0.15, 0.2) is 30.3 Å². The van der Waals surface area contributed by atoms with E-state index in [0.717, 1.165) is 31.2 Å². The van der Waals surface area contributed by atoms with E-state index in [-0.39, 0.29) is 29.9 Å². The molecule has 1 aromatic rings. The number of carbonyl (C=O) groups is 2. The smallest absolute Gasteiger partial charge is 0.372 e. The monoisotopic (exact) mass is 457 g/mol. The normalized spacial score (nSPS) is 34.7. The van der Waals surface area contributed by atoms with Crippen LogP contribution in [-0.4, -0.2) is 57.5 Å². The average Bonchev–Trinajstić information content (AvgIpc) is 3.33. The van der Waals surface area contributed by atoms with Gasteiger partial charge in [0.1, 0.15) is 6.21 Å². The van der Waals surface area contributed by atoms with E-state index in [0.29, 0.717) is 18.8 Å². The first-order chi connectivity index (χ1) is 15.9. The summed E-state index contributed by atoms with van der Waals surface area (Å²) in [6, 6.07) is 8.08. The van der Waals surface area contributed by atoms with E-state index in [1.807, 2.05) is 41.1 Å². The Balaban J connectivity index is 1.73. The van der Waals surface area contributed by atoms with Crippen LogP contribution in [0.5, 0.6) is 0 Å². The molecule has 8 nitrogen and oxygen atoms in total. The van der Waals surface area contributed by atoms with Crippen LogP contribution >= 0.6 is 0 Å². The van der Waals surface area contributed by atoms with Gasteiger partial charge >= 0.3 is 11.9 Å². The second kappa shape index (κ2) is 10.0. The molecule has 2 aliphatic carbocycles. The second-order valence-corrected chi connectivity index (χ2v) is 9.68. The zero-order valence-electron chi connectivity index (χ0n) is 19.0. The van der Waals surface area contributed by atoms with Gasteiger partial charge in [-0.25, -0.2) is 9.37 Å². The molecule has 0 amide bonds. The maximum absolute atomic E-state index is 12.3. The Morgan fingerprint density at radius 1 is 1.21 bits per heavy atom. The minimum atomic E-state index is -0.925. The number of hydrogen-bond donors (Lipinski definition) is 1. The van der Waals surface area contributed by atoms with Gasteiger partial charge < -0.3 is 9.84 Å². The van der Waals surface area contributed by atoms with Crippen molar-refractivity contribution in [3.8, 4) is 0 Å². The fourth-order valence-electron chi connectivity index (χ4n) is 6.56. The van der Waals surface area contributed by atoms with E-state index in [4.69, 9.17) is 4.74 Å². The molecule has 1 aliphatic heterocycles. The van der Waals surface area contributed by atoms with Crippen molar-refractivity contribution in [1.82, 2.24) is 0 Å². The van der Waals surface area contributed by atoms with Crippen LogP contribution in [-0.2, 0) is 14.3 Å². The maximum atomic E-state index is 12.3. The number of rotatable bonds is 7. The van der Waals surface area contributed by atoms with Crippen molar-refractivity contribution in [2.75, 3.05) is 6.61 Å². The second-order valence-electron chi connectivity index (χ2n) is 9.68. The number of carbonyl (C=O) groups excluding carboxylic acids is 1. The number of carboxylic acids is 1. The molecular formula is C25H33N2O6+. The van der Waals surface area contributed by atoms with Crippen molar-refractivity contribution in [3.63, 3.8) is 0 Å². The van der Waals surface area contributed by atoms with Crippen molar-refractivity contribution >= 4 is 18.2 Å². The highest BCUT2D eigenvalue weighted by Gasteiger charge is 2.55. The number of carboxylic acid groups (broad SMARTS) is 1. The summed E-state index contributed by atoms with van der Waals surface area (Å²) in [5.41, 5.74) is 0.859. The number of fused-ring (bicyclic) bond motifs is 1. The molecule has 1 aromatic carbocycles. The van der Waals surface area contributed by atoms with Crippen LogP contribution < -0.4 is 0 Å². The van der Waals surface area contributed by atoms with Crippen LogP contribution in [0.1, 0.15) is 63.4 Å². The van der Waals surface area contributed by atoms with E-state index in [1.165, 1.54) is 0 Å². The fourth-order valence-corrected chi connectivity index (χ4v) is 6.56. The Labute approximate surface area is 193 Å². The molecule has 0 unspecified atom stereocenters. The van der Waals surface area contributed by atoms with Crippen LogP contribution in [0.4, 0.5) is 0 Å². The molecule has 4 rings (SSSR count). The van der Waals surface area contributed by atoms with Crippen molar-refractivity contribution in [2.24, 2.45) is 17.8 Å². The van der Waals surface area contributed by atoms with E-state index in [2.05, 4.69) is 0 Å². The number of nitro groups is 1. The Kier molecular flexibility index (Phi) is 7.10. The van der Waals surface area contributed by atoms with Crippen LogP contribution in [0.25, 0.3) is 0 Å². The largest absolute Gasteiger partial charge is 0.476 e. The molecule has 3 aliphatic rings. The van der Waals surface area contributed by atoms with Crippen molar-refractivity contribution in [1.29, 1.82) is 0 Å². The molecule has 1 saturated heterocycles. The van der Waals surface area contributed by atoms with E-state index in [9.17, 15) is 24.8 Å². The van der Waals surface area contributed by atoms with Crippen molar-refractivity contribution in [3.05, 3.63) is 46.0 Å². The van der Waals surface area contributed by atoms with Gasteiger partial charge in [-0.3, -0.25) is 14.9 Å². The summed E-state index contributed by atoms with van der Waals surface area (Å²) in [5, 5.41) is 22.2. The summed E-state index contributed by atoms with van der Waals surface area (Å²) in [6.45, 7) is 1.96. The minimum Gasteiger partial charge on any atom is -0.476 e. The van der Waals surface area contributed by atoms with E-state index < -0.39 is 35.9 Å². The molecule has 2 saturated carbocycles. The lowest BCUT2D eigenvalue weighted by Gasteiger charge is -2.22. The number of esters is 1. The Morgan fingerprint density at radius 2 is 1.94 bits per heavy atom. The summed E-state index contributed by atoms with van der Waals surface area (Å²) >= 11 is 0. The molecule has 0 bridgehead atoms. The van der Waals surface area contributed by atoms with Gasteiger partial charge in [0.05, 0.1) is 18.9 Å². The first kappa shape index (κ1) is 23.4. The zero-order chi connectivity index (χ0) is 23.5. The van der Waals surface area contributed by atoms with E-state index in [1.54, 1.807) is 6.92 Å². The molecule has 0 aromatic heterocycles. The number of benzene rings is 1. The van der Waals surface area contributed by atoms with Crippen molar-refractivity contribution in [2.45, 2.75) is 75.9 Å². The van der Waals surface area contributed by atoms with Gasteiger partial charge in [-0.05, 0) is 31.7 Å². The highest BCUT2D eigenvalue weighted by Crippen LogP contribution is 2.46. The summed E-state index contributed by atoms with van der Waals surface area (Å²) in [4.78, 5) is 36.3. The maximum Gasteiger partial charge on any atom is 0.372 e. The van der Waals surface area contributed by atoms with Gasteiger partial charge in [0.2, 0.25) is 12.1 Å². The predicted octanol–water partition coefficient (Wildman–Crippen LogP) is 3.50. The lowest BCUT2D eigenvalue weighted by Crippen LogP contribution is -2.37. The third-order valence-corrected chi connectivity index (χ3v) is 7.84.